The zero-order chi connectivity index (χ0) is 18.3. The molecule has 0 bridgehead atoms. The number of amides is 1. The molecule has 0 aliphatic heterocycles. The van der Waals surface area contributed by atoms with E-state index in [4.69, 9.17) is 0 Å². The van der Waals surface area contributed by atoms with Crippen molar-refractivity contribution in [3.8, 4) is 0 Å². The van der Waals surface area contributed by atoms with Gasteiger partial charge in [0.1, 0.15) is 0 Å². The Morgan fingerprint density at radius 2 is 1.96 bits per heavy atom. The molecule has 0 fully saturated rings. The van der Waals surface area contributed by atoms with Crippen LogP contribution in [0.25, 0.3) is 0 Å². The van der Waals surface area contributed by atoms with Gasteiger partial charge < -0.3 is 5.32 Å². The van der Waals surface area contributed by atoms with Crippen LogP contribution in [0.15, 0.2) is 18.2 Å². The molecule has 0 heterocycles. The van der Waals surface area contributed by atoms with E-state index in [1.807, 2.05) is 39.0 Å². The minimum Gasteiger partial charge on any atom is -0.356 e. The number of anilines is 1. The molecule has 1 aromatic carbocycles. The average molecular weight is 355 g/mol. The lowest BCUT2D eigenvalue weighted by atomic mass is 9.98. The van der Waals surface area contributed by atoms with E-state index >= 15 is 0 Å². The van der Waals surface area contributed by atoms with E-state index in [2.05, 4.69) is 12.2 Å². The molecule has 0 aromatic heterocycles. The molecule has 0 radical (unpaired) electrons. The van der Waals surface area contributed by atoms with E-state index in [0.717, 1.165) is 24.0 Å². The molecule has 5 nitrogen and oxygen atoms in total. The smallest absolute Gasteiger partial charge is 0.232 e. The number of benzene rings is 1. The van der Waals surface area contributed by atoms with E-state index in [-0.39, 0.29) is 24.8 Å². The normalized spacial score (nSPS) is 11.6. The second kappa shape index (κ2) is 9.06. The van der Waals surface area contributed by atoms with Crippen molar-refractivity contribution in [1.82, 2.24) is 5.32 Å². The molecule has 1 amide bonds. The van der Waals surface area contributed by atoms with Gasteiger partial charge in [-0.15, -0.1) is 0 Å². The molecule has 136 valence electrons. The fraction of sp³-hybridized carbons (Fsp3) is 0.611. The second-order valence-electron chi connectivity index (χ2n) is 6.46. The van der Waals surface area contributed by atoms with Crippen molar-refractivity contribution in [3.63, 3.8) is 0 Å². The van der Waals surface area contributed by atoms with E-state index in [9.17, 15) is 13.2 Å². The van der Waals surface area contributed by atoms with Crippen LogP contribution in [0.1, 0.15) is 57.1 Å². The zero-order valence-electron chi connectivity index (χ0n) is 15.4. The summed E-state index contributed by atoms with van der Waals surface area (Å²) in [5, 5.41) is 2.83. The third kappa shape index (κ3) is 5.82. The number of hydrogen-bond acceptors (Lipinski definition) is 3. The van der Waals surface area contributed by atoms with Gasteiger partial charge in [0.25, 0.3) is 0 Å². The zero-order valence-corrected chi connectivity index (χ0v) is 16.2. The highest BCUT2D eigenvalue weighted by atomic mass is 32.2. The molecule has 1 rings (SSSR count). The maximum atomic E-state index is 12.3. The highest BCUT2D eigenvalue weighted by molar-refractivity contribution is 7.92. The van der Waals surface area contributed by atoms with Gasteiger partial charge in [0, 0.05) is 19.5 Å². The maximum absolute atomic E-state index is 12.3. The number of para-hydroxylation sites is 1. The van der Waals surface area contributed by atoms with Crippen molar-refractivity contribution in [2.24, 2.45) is 0 Å². The lowest BCUT2D eigenvalue weighted by Gasteiger charge is -2.28. The Hall–Kier alpha value is -1.56. The van der Waals surface area contributed by atoms with Gasteiger partial charge in [-0.05, 0) is 30.4 Å². The number of carbonyl (C=O) groups is 1. The molecule has 1 aromatic rings. The summed E-state index contributed by atoms with van der Waals surface area (Å²) in [5.74, 6) is 0.0827. The molecule has 1 N–H and O–H groups in total. The summed E-state index contributed by atoms with van der Waals surface area (Å²) in [6, 6.07) is 5.79. The number of nitrogens with zero attached hydrogens (tertiary/aromatic N) is 1. The van der Waals surface area contributed by atoms with Gasteiger partial charge in [-0.2, -0.15) is 0 Å². The van der Waals surface area contributed by atoms with Crippen LogP contribution in [-0.2, 0) is 14.8 Å². The number of rotatable bonds is 9. The Kier molecular flexibility index (Phi) is 7.73. The summed E-state index contributed by atoms with van der Waals surface area (Å²) in [7, 11) is -3.46. The van der Waals surface area contributed by atoms with Gasteiger partial charge in [-0.1, -0.05) is 45.4 Å². The molecular formula is C18H30N2O3S. The summed E-state index contributed by atoms with van der Waals surface area (Å²) in [4.78, 5) is 12.0. The van der Waals surface area contributed by atoms with Gasteiger partial charge in [0.15, 0.2) is 0 Å². The van der Waals surface area contributed by atoms with Crippen LogP contribution >= 0.6 is 0 Å². The molecule has 0 saturated carbocycles. The Morgan fingerprint density at radius 1 is 1.29 bits per heavy atom. The molecule has 0 saturated heterocycles. The van der Waals surface area contributed by atoms with Crippen LogP contribution in [0.3, 0.4) is 0 Å². The summed E-state index contributed by atoms with van der Waals surface area (Å²) in [6.45, 7) is 8.83. The summed E-state index contributed by atoms with van der Waals surface area (Å²) < 4.78 is 26.0. The van der Waals surface area contributed by atoms with Gasteiger partial charge in [-0.25, -0.2) is 8.42 Å². The van der Waals surface area contributed by atoms with E-state index in [1.165, 1.54) is 10.6 Å². The SMILES string of the molecule is CCCCNC(=O)CCN(c1c(C)cccc1C(C)C)S(C)(=O)=O. The van der Waals surface area contributed by atoms with Crippen molar-refractivity contribution < 1.29 is 13.2 Å². The van der Waals surface area contributed by atoms with Crippen molar-refractivity contribution in [3.05, 3.63) is 29.3 Å². The number of sulfonamides is 1. The molecule has 0 spiro atoms. The predicted octanol–water partition coefficient (Wildman–Crippen LogP) is 3.19. The average Bonchev–Trinajstić information content (AvgIpc) is 2.47. The maximum Gasteiger partial charge on any atom is 0.232 e. The summed E-state index contributed by atoms with van der Waals surface area (Å²) >= 11 is 0. The van der Waals surface area contributed by atoms with E-state index < -0.39 is 10.0 Å². The van der Waals surface area contributed by atoms with Crippen LogP contribution in [0, 0.1) is 6.92 Å². The van der Waals surface area contributed by atoms with Gasteiger partial charge in [0.05, 0.1) is 11.9 Å². The van der Waals surface area contributed by atoms with Crippen molar-refractivity contribution in [2.45, 2.75) is 52.9 Å². The van der Waals surface area contributed by atoms with Crippen molar-refractivity contribution in [1.29, 1.82) is 0 Å². The number of carbonyl (C=O) groups excluding carboxylic acids is 1. The van der Waals surface area contributed by atoms with Gasteiger partial charge in [-0.3, -0.25) is 9.10 Å². The van der Waals surface area contributed by atoms with Crippen molar-refractivity contribution >= 4 is 21.6 Å². The number of aryl methyl sites for hydroxylation is 1. The van der Waals surface area contributed by atoms with Crippen LogP contribution in [0.4, 0.5) is 5.69 Å². The van der Waals surface area contributed by atoms with Crippen molar-refractivity contribution in [2.75, 3.05) is 23.7 Å². The third-order valence-corrected chi connectivity index (χ3v) is 5.10. The highest BCUT2D eigenvalue weighted by Gasteiger charge is 2.23. The monoisotopic (exact) mass is 354 g/mol. The largest absolute Gasteiger partial charge is 0.356 e. The minimum absolute atomic E-state index is 0.114. The summed E-state index contributed by atoms with van der Waals surface area (Å²) in [5.41, 5.74) is 2.58. The lowest BCUT2D eigenvalue weighted by molar-refractivity contribution is -0.120. The van der Waals surface area contributed by atoms with Crippen LogP contribution in [-0.4, -0.2) is 33.7 Å². The fourth-order valence-electron chi connectivity index (χ4n) is 2.63. The first-order valence-electron chi connectivity index (χ1n) is 8.52. The van der Waals surface area contributed by atoms with Crippen LogP contribution < -0.4 is 9.62 Å². The summed E-state index contributed by atoms with van der Waals surface area (Å²) in [6.07, 6.45) is 3.29. The van der Waals surface area contributed by atoms with Crippen LogP contribution in [0.2, 0.25) is 0 Å². The molecule has 6 heteroatoms. The number of hydrogen-bond donors (Lipinski definition) is 1. The quantitative estimate of drug-likeness (QED) is 0.693. The fourth-order valence-corrected chi connectivity index (χ4v) is 3.63. The Morgan fingerprint density at radius 3 is 2.50 bits per heavy atom. The van der Waals surface area contributed by atoms with Gasteiger partial charge >= 0.3 is 0 Å². The van der Waals surface area contributed by atoms with Gasteiger partial charge in [0.2, 0.25) is 15.9 Å². The third-order valence-electron chi connectivity index (χ3n) is 3.94. The minimum atomic E-state index is -3.46. The number of nitrogens with one attached hydrogen (secondary N) is 1. The second-order valence-corrected chi connectivity index (χ2v) is 8.36. The molecular weight excluding hydrogens is 324 g/mol. The molecule has 0 atom stereocenters. The topological polar surface area (TPSA) is 66.5 Å². The predicted molar refractivity (Wildman–Crippen MR) is 100.0 cm³/mol. The molecule has 24 heavy (non-hydrogen) atoms. The Bertz CT molecular complexity index is 654. The standard InChI is InChI=1S/C18H30N2O3S/c1-6-7-12-19-17(21)11-13-20(24(5,22)23)18-15(4)9-8-10-16(18)14(2)3/h8-10,14H,6-7,11-13H2,1-5H3,(H,19,21). The Balaban J connectivity index is 3.03. The first-order valence-corrected chi connectivity index (χ1v) is 10.4. The lowest BCUT2D eigenvalue weighted by Crippen LogP contribution is -2.36. The van der Waals surface area contributed by atoms with E-state index in [1.54, 1.807) is 0 Å². The molecule has 0 aliphatic carbocycles. The molecule has 0 aliphatic rings. The Labute approximate surface area is 146 Å². The number of unbranched alkanes of at least 4 members (excludes halogenated alkanes) is 1. The first kappa shape index (κ1) is 20.5. The van der Waals surface area contributed by atoms with Crippen LogP contribution in [0.5, 0.6) is 0 Å². The van der Waals surface area contributed by atoms with E-state index in [0.29, 0.717) is 12.2 Å². The highest BCUT2D eigenvalue weighted by Crippen LogP contribution is 2.32. The molecule has 0 unspecified atom stereocenters. The first-order chi connectivity index (χ1) is 11.2.